The first-order valence-corrected chi connectivity index (χ1v) is 7.10. The van der Waals surface area contributed by atoms with E-state index in [1.165, 1.54) is 0 Å². The van der Waals surface area contributed by atoms with Crippen molar-refractivity contribution >= 4 is 18.3 Å². The van der Waals surface area contributed by atoms with Crippen LogP contribution in [0.25, 0.3) is 0 Å². The largest absolute Gasteiger partial charge is 0.395 e. The molecular formula is C13H26ClN3O3. The standard InChI is InChI=1S/C13H25N3O3.ClH/c1-19-13(2-4-14-5-3-13)12(18)16-8-6-15(7-9-16)10-11-17;/h14,17H,2-11H2,1H3;1H. The monoisotopic (exact) mass is 307 g/mol. The molecule has 7 heteroatoms. The molecule has 0 spiro atoms. The van der Waals surface area contributed by atoms with Gasteiger partial charge in [-0.15, -0.1) is 12.4 Å². The Morgan fingerprint density at radius 1 is 1.25 bits per heavy atom. The maximum atomic E-state index is 12.7. The van der Waals surface area contributed by atoms with E-state index in [0.29, 0.717) is 6.54 Å². The van der Waals surface area contributed by atoms with Crippen LogP contribution in [0.4, 0.5) is 0 Å². The summed E-state index contributed by atoms with van der Waals surface area (Å²) in [4.78, 5) is 16.8. The van der Waals surface area contributed by atoms with E-state index in [1.807, 2.05) is 4.90 Å². The van der Waals surface area contributed by atoms with Gasteiger partial charge in [-0.3, -0.25) is 9.69 Å². The van der Waals surface area contributed by atoms with Gasteiger partial charge in [-0.05, 0) is 25.9 Å². The molecule has 0 bridgehead atoms. The number of ether oxygens (including phenoxy) is 1. The Kier molecular flexibility index (Phi) is 7.19. The Bertz CT molecular complexity index is 303. The van der Waals surface area contributed by atoms with Gasteiger partial charge in [0, 0.05) is 39.8 Å². The molecular weight excluding hydrogens is 282 g/mol. The smallest absolute Gasteiger partial charge is 0.254 e. The molecule has 1 amide bonds. The van der Waals surface area contributed by atoms with Crippen molar-refractivity contribution in [2.24, 2.45) is 0 Å². The zero-order valence-corrected chi connectivity index (χ0v) is 13.0. The zero-order valence-electron chi connectivity index (χ0n) is 12.1. The second kappa shape index (κ2) is 8.14. The van der Waals surface area contributed by atoms with Crippen molar-refractivity contribution in [3.05, 3.63) is 0 Å². The highest BCUT2D eigenvalue weighted by molar-refractivity contribution is 5.86. The van der Waals surface area contributed by atoms with Crippen molar-refractivity contribution in [2.75, 3.05) is 59.5 Å². The van der Waals surface area contributed by atoms with Crippen LogP contribution in [-0.2, 0) is 9.53 Å². The summed E-state index contributed by atoms with van der Waals surface area (Å²) in [5.41, 5.74) is -0.621. The second-order valence-electron chi connectivity index (χ2n) is 5.31. The third-order valence-corrected chi connectivity index (χ3v) is 4.27. The SMILES string of the molecule is COC1(C(=O)N2CCN(CCO)CC2)CCNCC1.Cl. The fraction of sp³-hybridized carbons (Fsp3) is 0.923. The van der Waals surface area contributed by atoms with E-state index in [0.717, 1.165) is 52.1 Å². The minimum atomic E-state index is -0.621. The molecule has 0 unspecified atom stereocenters. The highest BCUT2D eigenvalue weighted by Gasteiger charge is 2.42. The number of carbonyl (C=O) groups excluding carboxylic acids is 1. The lowest BCUT2D eigenvalue weighted by molar-refractivity contribution is -0.160. The molecule has 0 aromatic carbocycles. The summed E-state index contributed by atoms with van der Waals surface area (Å²) < 4.78 is 5.58. The predicted octanol–water partition coefficient (Wildman–Crippen LogP) is -0.687. The van der Waals surface area contributed by atoms with Crippen LogP contribution in [0.15, 0.2) is 0 Å². The van der Waals surface area contributed by atoms with Crippen molar-refractivity contribution in [2.45, 2.75) is 18.4 Å². The van der Waals surface area contributed by atoms with Crippen LogP contribution in [0.2, 0.25) is 0 Å². The van der Waals surface area contributed by atoms with Crippen molar-refractivity contribution in [3.8, 4) is 0 Å². The number of β-amino-alcohol motifs (C(OH)–C–C–N with tert-alkyl or cyclic N) is 1. The lowest BCUT2D eigenvalue weighted by Crippen LogP contribution is -2.59. The van der Waals surface area contributed by atoms with Gasteiger partial charge in [-0.25, -0.2) is 0 Å². The summed E-state index contributed by atoms with van der Waals surface area (Å²) in [6.07, 6.45) is 1.50. The number of aliphatic hydroxyl groups is 1. The second-order valence-corrected chi connectivity index (χ2v) is 5.31. The number of hydrogen-bond acceptors (Lipinski definition) is 5. The van der Waals surface area contributed by atoms with E-state index in [4.69, 9.17) is 9.84 Å². The van der Waals surface area contributed by atoms with Crippen LogP contribution in [0, 0.1) is 0 Å². The zero-order chi connectivity index (χ0) is 13.7. The van der Waals surface area contributed by atoms with E-state index in [9.17, 15) is 4.79 Å². The average Bonchev–Trinajstić information content (AvgIpc) is 2.48. The van der Waals surface area contributed by atoms with E-state index >= 15 is 0 Å². The number of rotatable bonds is 4. The highest BCUT2D eigenvalue weighted by atomic mass is 35.5. The van der Waals surface area contributed by atoms with Crippen LogP contribution in [0.5, 0.6) is 0 Å². The molecule has 0 aromatic heterocycles. The first-order chi connectivity index (χ1) is 9.22. The molecule has 0 aliphatic carbocycles. The number of halogens is 1. The third-order valence-electron chi connectivity index (χ3n) is 4.27. The van der Waals surface area contributed by atoms with E-state index in [2.05, 4.69) is 10.2 Å². The Morgan fingerprint density at radius 3 is 2.35 bits per heavy atom. The van der Waals surface area contributed by atoms with Crippen molar-refractivity contribution in [1.29, 1.82) is 0 Å². The number of aliphatic hydroxyl groups excluding tert-OH is 1. The van der Waals surface area contributed by atoms with Gasteiger partial charge >= 0.3 is 0 Å². The number of carbonyl (C=O) groups is 1. The predicted molar refractivity (Wildman–Crippen MR) is 79.2 cm³/mol. The molecule has 2 aliphatic heterocycles. The first kappa shape index (κ1) is 17.7. The van der Waals surface area contributed by atoms with E-state index in [1.54, 1.807) is 7.11 Å². The van der Waals surface area contributed by atoms with Crippen molar-refractivity contribution in [1.82, 2.24) is 15.1 Å². The first-order valence-electron chi connectivity index (χ1n) is 7.10. The fourth-order valence-corrected chi connectivity index (χ4v) is 2.94. The molecule has 0 aromatic rings. The summed E-state index contributed by atoms with van der Waals surface area (Å²) in [6.45, 7) is 5.69. The average molecular weight is 308 g/mol. The Labute approximate surface area is 126 Å². The van der Waals surface area contributed by atoms with Crippen molar-refractivity contribution in [3.63, 3.8) is 0 Å². The molecule has 0 radical (unpaired) electrons. The summed E-state index contributed by atoms with van der Waals surface area (Å²) in [5, 5.41) is 12.2. The van der Waals surface area contributed by atoms with Crippen LogP contribution in [0.3, 0.4) is 0 Å². The van der Waals surface area contributed by atoms with Gasteiger partial charge in [-0.1, -0.05) is 0 Å². The van der Waals surface area contributed by atoms with Gasteiger partial charge in [0.15, 0.2) is 0 Å². The Morgan fingerprint density at radius 2 is 1.85 bits per heavy atom. The molecule has 2 N–H and O–H groups in total. The van der Waals surface area contributed by atoms with E-state index < -0.39 is 5.60 Å². The lowest BCUT2D eigenvalue weighted by atomic mass is 9.90. The molecule has 0 saturated carbocycles. The van der Waals surface area contributed by atoms with Crippen molar-refractivity contribution < 1.29 is 14.6 Å². The van der Waals surface area contributed by atoms with Crippen LogP contribution in [0.1, 0.15) is 12.8 Å². The molecule has 20 heavy (non-hydrogen) atoms. The number of piperazine rings is 1. The molecule has 2 aliphatic rings. The van der Waals surface area contributed by atoms with Gasteiger partial charge in [0.2, 0.25) is 0 Å². The van der Waals surface area contributed by atoms with Gasteiger partial charge in [0.1, 0.15) is 5.60 Å². The number of nitrogens with one attached hydrogen (secondary N) is 1. The highest BCUT2D eigenvalue weighted by Crippen LogP contribution is 2.25. The van der Waals surface area contributed by atoms with Crippen LogP contribution < -0.4 is 5.32 Å². The molecule has 118 valence electrons. The molecule has 2 fully saturated rings. The topological polar surface area (TPSA) is 65.0 Å². The number of amides is 1. The summed E-state index contributed by atoms with van der Waals surface area (Å²) >= 11 is 0. The minimum Gasteiger partial charge on any atom is -0.395 e. The summed E-state index contributed by atoms with van der Waals surface area (Å²) in [5.74, 6) is 0.139. The Hall–Kier alpha value is -0.400. The molecule has 2 rings (SSSR count). The number of hydrogen-bond donors (Lipinski definition) is 2. The third kappa shape index (κ3) is 3.83. The molecule has 0 atom stereocenters. The minimum absolute atomic E-state index is 0. The maximum Gasteiger partial charge on any atom is 0.254 e. The number of methoxy groups -OCH3 is 1. The van der Waals surface area contributed by atoms with Crippen LogP contribution in [-0.4, -0.2) is 85.9 Å². The van der Waals surface area contributed by atoms with Gasteiger partial charge in [0.25, 0.3) is 5.91 Å². The molecule has 2 heterocycles. The van der Waals surface area contributed by atoms with Crippen LogP contribution >= 0.6 is 12.4 Å². The normalized spacial score (nSPS) is 23.2. The quantitative estimate of drug-likeness (QED) is 0.720. The van der Waals surface area contributed by atoms with Gasteiger partial charge < -0.3 is 20.1 Å². The Balaban J connectivity index is 0.00000200. The fourth-order valence-electron chi connectivity index (χ4n) is 2.94. The van der Waals surface area contributed by atoms with E-state index in [-0.39, 0.29) is 24.9 Å². The number of piperidine rings is 1. The summed E-state index contributed by atoms with van der Waals surface area (Å²) in [7, 11) is 1.64. The van der Waals surface area contributed by atoms with Gasteiger partial charge in [0.05, 0.1) is 6.61 Å². The lowest BCUT2D eigenvalue weighted by Gasteiger charge is -2.42. The van der Waals surface area contributed by atoms with Gasteiger partial charge in [-0.2, -0.15) is 0 Å². The molecule has 2 saturated heterocycles. The summed E-state index contributed by atoms with van der Waals surface area (Å²) in [6, 6.07) is 0. The number of nitrogens with zero attached hydrogens (tertiary/aromatic N) is 2. The molecule has 6 nitrogen and oxygen atoms in total. The maximum absolute atomic E-state index is 12.7.